The summed E-state index contributed by atoms with van der Waals surface area (Å²) in [5, 5.41) is 0. The van der Waals surface area contributed by atoms with Crippen LogP contribution in [0.2, 0.25) is 0 Å². The van der Waals surface area contributed by atoms with Gasteiger partial charge in [-0.1, -0.05) is 0 Å². The first-order valence-corrected chi connectivity index (χ1v) is 12.4. The molecule has 1 aliphatic rings. The Bertz CT molecular complexity index is 480. The van der Waals surface area contributed by atoms with Gasteiger partial charge in [0.05, 0.1) is 0 Å². The van der Waals surface area contributed by atoms with Crippen molar-refractivity contribution < 1.29 is 14.3 Å². The van der Waals surface area contributed by atoms with Gasteiger partial charge in [0.1, 0.15) is 0 Å². The van der Waals surface area contributed by atoms with Crippen molar-refractivity contribution in [3.05, 3.63) is 35.9 Å². The van der Waals surface area contributed by atoms with Gasteiger partial charge in [0, 0.05) is 0 Å². The Morgan fingerprint density at radius 3 is 2.45 bits per heavy atom. The molecule has 20 heavy (non-hydrogen) atoms. The normalized spacial score (nSPS) is 13.7. The summed E-state index contributed by atoms with van der Waals surface area (Å²) in [7, 11) is 3.40. The van der Waals surface area contributed by atoms with Crippen LogP contribution in [-0.4, -0.2) is 72.5 Å². The fraction of sp³-hybridized carbons (Fsp3) is 0.385. The van der Waals surface area contributed by atoms with Crippen LogP contribution in [0.4, 0.5) is 4.79 Å². The minimum atomic E-state index is -0.470. The Hall–Kier alpha value is -1.00. The van der Waals surface area contributed by atoms with Gasteiger partial charge in [-0.15, -0.1) is 0 Å². The number of nitrogens with zero attached hydrogens (tertiary/aromatic N) is 2. The Labute approximate surface area is 129 Å². The van der Waals surface area contributed by atoms with Crippen LogP contribution in [0.1, 0.15) is 5.56 Å². The molecule has 0 aromatic heterocycles. The van der Waals surface area contributed by atoms with Gasteiger partial charge < -0.3 is 0 Å². The summed E-state index contributed by atoms with van der Waals surface area (Å²) in [6.45, 7) is 0.301. The average molecular weight is 406 g/mol. The summed E-state index contributed by atoms with van der Waals surface area (Å²) in [5.41, 5.74) is 0.932. The molecule has 1 aromatic carbocycles. The van der Waals surface area contributed by atoms with Crippen molar-refractivity contribution in [1.29, 1.82) is 0 Å². The molecule has 0 unspecified atom stereocenters. The summed E-state index contributed by atoms with van der Waals surface area (Å²) < 4.78 is 5.65. The number of likely N-dealkylation sites (N-methyl/N-ethyl adjacent to an activating group) is 2. The van der Waals surface area contributed by atoms with E-state index in [-0.39, 0.29) is 19.1 Å². The Morgan fingerprint density at radius 2 is 1.85 bits per heavy atom. The van der Waals surface area contributed by atoms with Crippen LogP contribution in [0.3, 0.4) is 0 Å². The first kappa shape index (κ1) is 15.4. The predicted molar refractivity (Wildman–Crippen MR) is 77.3 cm³/mol. The molecule has 0 atom stereocenters. The van der Waals surface area contributed by atoms with Gasteiger partial charge in [-0.2, -0.15) is 0 Å². The monoisotopic (exact) mass is 408 g/mol. The van der Waals surface area contributed by atoms with Crippen LogP contribution in [0.25, 0.3) is 0 Å². The van der Waals surface area contributed by atoms with Crippen molar-refractivity contribution >= 4 is 38.3 Å². The average Bonchev–Trinajstić information content (AvgIpc) is 3.29. The van der Waals surface area contributed by atoms with Gasteiger partial charge >= 0.3 is 129 Å². The molecule has 0 radical (unpaired) electrons. The number of amides is 2. The fourth-order valence-corrected chi connectivity index (χ4v) is 5.98. The molecule has 1 aromatic rings. The molecular weight excluding hydrogens is 390 g/mol. The molecule has 0 N–H and O–H groups in total. The SMILES string of the molecule is CN(CC(=O)N(C)C1[Se][Se]1)C(=O)OCc1ccccc1. The predicted octanol–water partition coefficient (Wildman–Crippen LogP) is 0.334. The van der Waals surface area contributed by atoms with Crippen LogP contribution >= 0.6 is 0 Å². The van der Waals surface area contributed by atoms with E-state index in [0.717, 1.165) is 5.56 Å². The van der Waals surface area contributed by atoms with Gasteiger partial charge in [0.2, 0.25) is 0 Å². The topological polar surface area (TPSA) is 49.9 Å². The van der Waals surface area contributed by atoms with E-state index in [2.05, 4.69) is 0 Å². The molecule has 2 rings (SSSR count). The molecule has 0 aliphatic carbocycles. The first-order valence-electron chi connectivity index (χ1n) is 6.07. The van der Waals surface area contributed by atoms with Crippen LogP contribution in [-0.2, 0) is 16.1 Å². The molecule has 1 saturated heterocycles. The molecule has 0 saturated carbocycles. The Morgan fingerprint density at radius 1 is 1.20 bits per heavy atom. The molecule has 1 heterocycles. The van der Waals surface area contributed by atoms with Crippen molar-refractivity contribution in [1.82, 2.24) is 9.80 Å². The quantitative estimate of drug-likeness (QED) is 0.663. The molecule has 2 amide bonds. The molecular formula is C13H16N2O3Se2. The molecule has 1 fully saturated rings. The van der Waals surface area contributed by atoms with Crippen LogP contribution < -0.4 is 0 Å². The van der Waals surface area contributed by atoms with Crippen LogP contribution in [0.5, 0.6) is 0 Å². The maximum absolute atomic E-state index is 11.9. The van der Waals surface area contributed by atoms with Crippen molar-refractivity contribution in [2.75, 3.05) is 20.6 Å². The molecule has 7 heteroatoms. The number of carbonyl (C=O) groups is 2. The third kappa shape index (κ3) is 4.53. The van der Waals surface area contributed by atoms with E-state index in [1.54, 1.807) is 11.9 Å². The van der Waals surface area contributed by atoms with E-state index in [4.69, 9.17) is 4.74 Å². The number of hydrogen-bond donors (Lipinski definition) is 0. The summed E-state index contributed by atoms with van der Waals surface area (Å²) in [6.07, 6.45) is -0.470. The van der Waals surface area contributed by atoms with Gasteiger partial charge in [0.25, 0.3) is 0 Å². The number of benzene rings is 1. The zero-order valence-corrected chi connectivity index (χ0v) is 14.7. The van der Waals surface area contributed by atoms with Crippen LogP contribution in [0, 0.1) is 0 Å². The molecule has 1 aliphatic heterocycles. The molecule has 108 valence electrons. The Balaban J connectivity index is 1.75. The van der Waals surface area contributed by atoms with Gasteiger partial charge in [-0.25, -0.2) is 0 Å². The molecule has 0 bridgehead atoms. The van der Waals surface area contributed by atoms with E-state index >= 15 is 0 Å². The summed E-state index contributed by atoms with van der Waals surface area (Å²) in [4.78, 5) is 26.8. The zero-order chi connectivity index (χ0) is 14.5. The van der Waals surface area contributed by atoms with Crippen molar-refractivity contribution in [3.63, 3.8) is 0 Å². The van der Waals surface area contributed by atoms with E-state index in [1.807, 2.05) is 37.4 Å². The van der Waals surface area contributed by atoms with Crippen LogP contribution in [0.15, 0.2) is 30.3 Å². The zero-order valence-electron chi connectivity index (χ0n) is 11.3. The summed E-state index contributed by atoms with van der Waals surface area (Å²) in [5.74, 6) is -0.0181. The minimum absolute atomic E-state index is 0.0181. The van der Waals surface area contributed by atoms with E-state index < -0.39 is 6.09 Å². The number of hydrogen-bond acceptors (Lipinski definition) is 3. The fourth-order valence-electron chi connectivity index (χ4n) is 1.48. The summed E-state index contributed by atoms with van der Waals surface area (Å²) >= 11 is 1.26. The maximum atomic E-state index is 11.9. The van der Waals surface area contributed by atoms with E-state index in [9.17, 15) is 9.59 Å². The Kier molecular flexibility index (Phi) is 5.49. The molecule has 0 spiro atoms. The van der Waals surface area contributed by atoms with Gasteiger partial charge in [0.15, 0.2) is 0 Å². The van der Waals surface area contributed by atoms with Crippen molar-refractivity contribution in [3.8, 4) is 0 Å². The number of ether oxygens (including phenoxy) is 1. The van der Waals surface area contributed by atoms with E-state index in [0.29, 0.717) is 30.1 Å². The first-order chi connectivity index (χ1) is 9.58. The summed E-state index contributed by atoms with van der Waals surface area (Å²) in [6, 6.07) is 9.48. The standard InChI is InChI=1S/C13H16N2O3Se2/c1-14(8-11(16)15(2)13-19-20-13)12(17)18-9-10-6-4-3-5-7-10/h3-7,13H,8-9H2,1-2H3. The number of rotatable bonds is 5. The van der Waals surface area contributed by atoms with Gasteiger partial charge in [-0.3, -0.25) is 0 Å². The van der Waals surface area contributed by atoms with Crippen molar-refractivity contribution in [2.45, 2.75) is 10.4 Å². The third-order valence-corrected chi connectivity index (χ3v) is 8.85. The molecule has 5 nitrogen and oxygen atoms in total. The second kappa shape index (κ2) is 7.14. The van der Waals surface area contributed by atoms with E-state index in [1.165, 1.54) is 4.90 Å². The second-order valence-electron chi connectivity index (χ2n) is 4.40. The van der Waals surface area contributed by atoms with Crippen molar-refractivity contribution in [2.24, 2.45) is 0 Å². The third-order valence-electron chi connectivity index (χ3n) is 2.78. The van der Waals surface area contributed by atoms with Gasteiger partial charge in [-0.05, 0) is 0 Å². The number of carbonyl (C=O) groups excluding carboxylic acids is 2. The second-order valence-corrected chi connectivity index (χ2v) is 12.8.